The van der Waals surface area contributed by atoms with Crippen LogP contribution in [0.15, 0.2) is 0 Å². The molecule has 0 spiro atoms. The highest BCUT2D eigenvalue weighted by Gasteiger charge is 2.21. The minimum absolute atomic E-state index is 0.427. The van der Waals surface area contributed by atoms with Crippen molar-refractivity contribution in [3.05, 3.63) is 0 Å². The number of ether oxygens (including phenoxy) is 1. The molecule has 0 amide bonds. The Morgan fingerprint density at radius 3 is 2.59 bits per heavy atom. The number of likely N-dealkylation sites (N-methyl/N-ethyl adjacent to an activating group) is 1. The fourth-order valence-electron chi connectivity index (χ4n) is 2.74. The van der Waals surface area contributed by atoms with Gasteiger partial charge in [0.25, 0.3) is 0 Å². The number of rotatable bonds is 3. The second-order valence-corrected chi connectivity index (χ2v) is 5.14. The van der Waals surface area contributed by atoms with Crippen LogP contribution in [0.3, 0.4) is 0 Å². The average molecular weight is 241 g/mol. The van der Waals surface area contributed by atoms with Crippen LogP contribution in [0.4, 0.5) is 0 Å². The third-order valence-electron chi connectivity index (χ3n) is 3.79. The van der Waals surface area contributed by atoms with E-state index in [1.165, 1.54) is 39.0 Å². The monoisotopic (exact) mass is 241 g/mol. The Hall–Kier alpha value is -0.160. The molecule has 2 aliphatic heterocycles. The van der Waals surface area contributed by atoms with Gasteiger partial charge in [0.2, 0.25) is 0 Å². The van der Waals surface area contributed by atoms with Crippen LogP contribution in [0.5, 0.6) is 0 Å². The number of morpholine rings is 1. The average Bonchev–Trinajstić information content (AvgIpc) is 2.33. The summed E-state index contributed by atoms with van der Waals surface area (Å²) in [5, 5.41) is 3.46. The second-order valence-electron chi connectivity index (χ2n) is 5.14. The van der Waals surface area contributed by atoms with E-state index in [1.807, 2.05) is 0 Å². The molecule has 2 rings (SSSR count). The summed E-state index contributed by atoms with van der Waals surface area (Å²) in [4.78, 5) is 5.09. The molecule has 0 bridgehead atoms. The van der Waals surface area contributed by atoms with Gasteiger partial charge in [0, 0.05) is 19.6 Å². The first-order valence-electron chi connectivity index (χ1n) is 7.15. The number of hydrogen-bond acceptors (Lipinski definition) is 4. The SMILES string of the molecule is CCN1CCOC(CN2CCCNCCC2)C1. The van der Waals surface area contributed by atoms with Gasteiger partial charge in [0.05, 0.1) is 12.7 Å². The van der Waals surface area contributed by atoms with Gasteiger partial charge < -0.3 is 15.0 Å². The quantitative estimate of drug-likeness (QED) is 0.774. The van der Waals surface area contributed by atoms with Gasteiger partial charge in [-0.3, -0.25) is 4.90 Å². The highest BCUT2D eigenvalue weighted by atomic mass is 16.5. The van der Waals surface area contributed by atoms with Gasteiger partial charge in [-0.25, -0.2) is 0 Å². The number of nitrogens with zero attached hydrogens (tertiary/aromatic N) is 2. The predicted octanol–water partition coefficient (Wildman–Crippen LogP) is 0.393. The van der Waals surface area contributed by atoms with Crippen LogP contribution < -0.4 is 5.32 Å². The van der Waals surface area contributed by atoms with E-state index in [9.17, 15) is 0 Å². The molecule has 1 unspecified atom stereocenters. The van der Waals surface area contributed by atoms with Crippen molar-refractivity contribution in [2.75, 3.05) is 59.0 Å². The van der Waals surface area contributed by atoms with E-state index in [1.54, 1.807) is 0 Å². The van der Waals surface area contributed by atoms with Crippen LogP contribution in [0, 0.1) is 0 Å². The fraction of sp³-hybridized carbons (Fsp3) is 1.00. The number of nitrogens with one attached hydrogen (secondary N) is 1. The summed E-state index contributed by atoms with van der Waals surface area (Å²) in [5.74, 6) is 0. The van der Waals surface area contributed by atoms with Crippen molar-refractivity contribution in [1.82, 2.24) is 15.1 Å². The molecule has 1 N–H and O–H groups in total. The lowest BCUT2D eigenvalue weighted by molar-refractivity contribution is -0.0423. The topological polar surface area (TPSA) is 27.7 Å². The lowest BCUT2D eigenvalue weighted by atomic mass is 10.2. The van der Waals surface area contributed by atoms with Gasteiger partial charge in [-0.05, 0) is 45.6 Å². The molecular formula is C13H27N3O. The first kappa shape index (κ1) is 13.3. The number of hydrogen-bond donors (Lipinski definition) is 1. The minimum Gasteiger partial charge on any atom is -0.374 e. The standard InChI is InChI=1S/C13H27N3O/c1-2-15-9-10-17-13(11-15)12-16-7-3-5-14-6-4-8-16/h13-14H,2-12H2,1H3. The Balaban J connectivity index is 1.74. The van der Waals surface area contributed by atoms with Crippen LogP contribution >= 0.6 is 0 Å². The van der Waals surface area contributed by atoms with E-state index in [4.69, 9.17) is 4.74 Å². The minimum atomic E-state index is 0.427. The molecule has 0 radical (unpaired) electrons. The zero-order valence-electron chi connectivity index (χ0n) is 11.2. The Kier molecular flexibility index (Phi) is 5.71. The van der Waals surface area contributed by atoms with Crippen molar-refractivity contribution >= 4 is 0 Å². The molecule has 0 saturated carbocycles. The highest BCUT2D eigenvalue weighted by molar-refractivity contribution is 4.75. The van der Waals surface area contributed by atoms with Gasteiger partial charge in [0.15, 0.2) is 0 Å². The van der Waals surface area contributed by atoms with E-state index in [2.05, 4.69) is 22.0 Å². The van der Waals surface area contributed by atoms with Crippen LogP contribution in [-0.4, -0.2) is 74.9 Å². The molecule has 2 fully saturated rings. The Labute approximate surface area is 105 Å². The van der Waals surface area contributed by atoms with Crippen LogP contribution in [0.1, 0.15) is 19.8 Å². The molecule has 4 nitrogen and oxygen atoms in total. The normalized spacial score (nSPS) is 29.8. The molecule has 0 aliphatic carbocycles. The summed E-state index contributed by atoms with van der Waals surface area (Å²) in [6.07, 6.45) is 2.96. The zero-order valence-corrected chi connectivity index (χ0v) is 11.2. The lowest BCUT2D eigenvalue weighted by Crippen LogP contribution is -2.48. The Bertz CT molecular complexity index is 205. The van der Waals surface area contributed by atoms with Crippen molar-refractivity contribution < 1.29 is 4.74 Å². The summed E-state index contributed by atoms with van der Waals surface area (Å²) in [6.45, 7) is 12.4. The molecule has 2 aliphatic rings. The maximum atomic E-state index is 5.89. The predicted molar refractivity (Wildman–Crippen MR) is 70.4 cm³/mol. The zero-order chi connectivity index (χ0) is 11.9. The maximum absolute atomic E-state index is 5.89. The molecule has 0 aromatic heterocycles. The summed E-state index contributed by atoms with van der Waals surface area (Å²) in [5.41, 5.74) is 0. The van der Waals surface area contributed by atoms with E-state index in [0.717, 1.165) is 32.8 Å². The van der Waals surface area contributed by atoms with E-state index >= 15 is 0 Å². The molecule has 4 heteroatoms. The Morgan fingerprint density at radius 2 is 1.88 bits per heavy atom. The van der Waals surface area contributed by atoms with Crippen LogP contribution in [-0.2, 0) is 4.74 Å². The van der Waals surface area contributed by atoms with Gasteiger partial charge in [-0.15, -0.1) is 0 Å². The van der Waals surface area contributed by atoms with Gasteiger partial charge in [-0.1, -0.05) is 6.92 Å². The third kappa shape index (κ3) is 4.54. The van der Waals surface area contributed by atoms with Crippen LogP contribution in [0.25, 0.3) is 0 Å². The fourth-order valence-corrected chi connectivity index (χ4v) is 2.74. The third-order valence-corrected chi connectivity index (χ3v) is 3.79. The summed E-state index contributed by atoms with van der Waals surface area (Å²) in [6, 6.07) is 0. The molecule has 2 saturated heterocycles. The second kappa shape index (κ2) is 7.31. The maximum Gasteiger partial charge on any atom is 0.0829 e. The van der Waals surface area contributed by atoms with Crippen molar-refractivity contribution in [2.24, 2.45) is 0 Å². The first-order valence-corrected chi connectivity index (χ1v) is 7.15. The molecule has 0 aromatic carbocycles. The molecule has 0 aromatic rings. The molecule has 17 heavy (non-hydrogen) atoms. The van der Waals surface area contributed by atoms with Crippen LogP contribution in [0.2, 0.25) is 0 Å². The molecular weight excluding hydrogens is 214 g/mol. The molecule has 1 atom stereocenters. The molecule has 2 heterocycles. The smallest absolute Gasteiger partial charge is 0.0829 e. The summed E-state index contributed by atoms with van der Waals surface area (Å²) < 4.78 is 5.89. The van der Waals surface area contributed by atoms with E-state index < -0.39 is 0 Å². The van der Waals surface area contributed by atoms with Gasteiger partial charge >= 0.3 is 0 Å². The lowest BCUT2D eigenvalue weighted by Gasteiger charge is -2.35. The molecule has 100 valence electrons. The van der Waals surface area contributed by atoms with Gasteiger partial charge in [0.1, 0.15) is 0 Å². The van der Waals surface area contributed by atoms with Crippen molar-refractivity contribution in [3.8, 4) is 0 Å². The summed E-state index contributed by atoms with van der Waals surface area (Å²) >= 11 is 0. The van der Waals surface area contributed by atoms with E-state index in [-0.39, 0.29) is 0 Å². The highest BCUT2D eigenvalue weighted by Crippen LogP contribution is 2.08. The summed E-state index contributed by atoms with van der Waals surface area (Å²) in [7, 11) is 0. The van der Waals surface area contributed by atoms with E-state index in [0.29, 0.717) is 6.10 Å². The van der Waals surface area contributed by atoms with Crippen molar-refractivity contribution in [1.29, 1.82) is 0 Å². The van der Waals surface area contributed by atoms with Crippen molar-refractivity contribution in [2.45, 2.75) is 25.9 Å². The van der Waals surface area contributed by atoms with Gasteiger partial charge in [-0.2, -0.15) is 0 Å². The largest absolute Gasteiger partial charge is 0.374 e. The first-order chi connectivity index (χ1) is 8.38. The van der Waals surface area contributed by atoms with Crippen molar-refractivity contribution in [3.63, 3.8) is 0 Å². The Morgan fingerprint density at radius 1 is 1.12 bits per heavy atom.